The first kappa shape index (κ1) is 12.3. The lowest BCUT2D eigenvalue weighted by atomic mass is 10.2. The molecule has 0 saturated heterocycles. The van der Waals surface area contributed by atoms with E-state index in [1.165, 1.54) is 0 Å². The number of benzene rings is 1. The van der Waals surface area contributed by atoms with E-state index in [0.29, 0.717) is 24.2 Å². The largest absolute Gasteiger partial charge is 0.427 e. The molecule has 0 radical (unpaired) electrons. The summed E-state index contributed by atoms with van der Waals surface area (Å²) in [6.45, 7) is 0. The molecule has 0 aliphatic carbocycles. The Balaban J connectivity index is 1.85. The molecule has 0 N–H and O–H groups in total. The normalized spacial score (nSPS) is 9.72. The third-order valence-electron chi connectivity index (χ3n) is 2.41. The SMILES string of the molecule is N#Cc1ccc(OC(=O)CCc2ccsc2)cc1. The second kappa shape index (κ2) is 5.99. The lowest BCUT2D eigenvalue weighted by molar-refractivity contribution is -0.134. The summed E-state index contributed by atoms with van der Waals surface area (Å²) in [5.41, 5.74) is 1.70. The number of nitriles is 1. The van der Waals surface area contributed by atoms with Crippen LogP contribution < -0.4 is 4.74 Å². The summed E-state index contributed by atoms with van der Waals surface area (Å²) in [5.74, 6) is 0.218. The molecular weight excluding hydrogens is 246 g/mol. The average molecular weight is 257 g/mol. The summed E-state index contributed by atoms with van der Waals surface area (Å²) in [7, 11) is 0. The maximum Gasteiger partial charge on any atom is 0.311 e. The highest BCUT2D eigenvalue weighted by Crippen LogP contribution is 2.13. The van der Waals surface area contributed by atoms with E-state index in [2.05, 4.69) is 0 Å². The summed E-state index contributed by atoms with van der Waals surface area (Å²) in [6, 6.07) is 10.5. The van der Waals surface area contributed by atoms with Crippen molar-refractivity contribution < 1.29 is 9.53 Å². The lowest BCUT2D eigenvalue weighted by Crippen LogP contribution is -2.08. The van der Waals surface area contributed by atoms with Crippen LogP contribution >= 0.6 is 11.3 Å². The van der Waals surface area contributed by atoms with E-state index in [-0.39, 0.29) is 5.97 Å². The van der Waals surface area contributed by atoms with Gasteiger partial charge in [0.05, 0.1) is 18.1 Å². The van der Waals surface area contributed by atoms with Crippen LogP contribution in [0.2, 0.25) is 0 Å². The van der Waals surface area contributed by atoms with E-state index in [1.54, 1.807) is 35.6 Å². The third kappa shape index (κ3) is 3.44. The van der Waals surface area contributed by atoms with Crippen LogP contribution in [-0.4, -0.2) is 5.97 Å². The Morgan fingerprint density at radius 3 is 2.67 bits per heavy atom. The number of ether oxygens (including phenoxy) is 1. The smallest absolute Gasteiger partial charge is 0.311 e. The van der Waals surface area contributed by atoms with Gasteiger partial charge in [-0.2, -0.15) is 16.6 Å². The summed E-state index contributed by atoms with van der Waals surface area (Å²) >= 11 is 1.62. The zero-order valence-corrected chi connectivity index (χ0v) is 10.4. The van der Waals surface area contributed by atoms with Gasteiger partial charge in [0.25, 0.3) is 0 Å². The molecule has 1 heterocycles. The van der Waals surface area contributed by atoms with Gasteiger partial charge in [0.1, 0.15) is 5.75 Å². The van der Waals surface area contributed by atoms with E-state index >= 15 is 0 Å². The second-order valence-electron chi connectivity index (χ2n) is 3.74. The molecule has 90 valence electrons. The quantitative estimate of drug-likeness (QED) is 0.624. The maximum absolute atomic E-state index is 11.6. The molecule has 0 fully saturated rings. The van der Waals surface area contributed by atoms with Gasteiger partial charge in [-0.25, -0.2) is 0 Å². The van der Waals surface area contributed by atoms with Gasteiger partial charge in [-0.05, 0) is 53.1 Å². The van der Waals surface area contributed by atoms with Crippen LogP contribution in [-0.2, 0) is 11.2 Å². The fraction of sp³-hybridized carbons (Fsp3) is 0.143. The Labute approximate surface area is 109 Å². The highest BCUT2D eigenvalue weighted by Gasteiger charge is 2.05. The minimum absolute atomic E-state index is 0.258. The predicted octanol–water partition coefficient (Wildman–Crippen LogP) is 3.16. The van der Waals surface area contributed by atoms with Gasteiger partial charge >= 0.3 is 5.97 Å². The minimum Gasteiger partial charge on any atom is -0.427 e. The van der Waals surface area contributed by atoms with Crippen molar-refractivity contribution in [2.75, 3.05) is 0 Å². The zero-order chi connectivity index (χ0) is 12.8. The van der Waals surface area contributed by atoms with Crippen molar-refractivity contribution in [2.24, 2.45) is 0 Å². The van der Waals surface area contributed by atoms with Crippen molar-refractivity contribution in [1.29, 1.82) is 5.26 Å². The van der Waals surface area contributed by atoms with Crippen molar-refractivity contribution in [1.82, 2.24) is 0 Å². The van der Waals surface area contributed by atoms with Crippen molar-refractivity contribution in [3.63, 3.8) is 0 Å². The molecule has 0 atom stereocenters. The Morgan fingerprint density at radius 2 is 2.06 bits per heavy atom. The Kier molecular flexibility index (Phi) is 4.11. The highest BCUT2D eigenvalue weighted by atomic mass is 32.1. The van der Waals surface area contributed by atoms with E-state index in [9.17, 15) is 4.79 Å². The number of rotatable bonds is 4. The number of nitrogens with zero attached hydrogens (tertiary/aromatic N) is 1. The van der Waals surface area contributed by atoms with Gasteiger partial charge in [-0.15, -0.1) is 0 Å². The summed E-state index contributed by atoms with van der Waals surface area (Å²) < 4.78 is 5.17. The number of esters is 1. The standard InChI is InChI=1S/C14H11NO2S/c15-9-11-1-4-13(5-2-11)17-14(16)6-3-12-7-8-18-10-12/h1-2,4-5,7-8,10H,3,6H2. The van der Waals surface area contributed by atoms with Crippen molar-refractivity contribution in [2.45, 2.75) is 12.8 Å². The van der Waals surface area contributed by atoms with Crippen LogP contribution in [0, 0.1) is 11.3 Å². The Morgan fingerprint density at radius 1 is 1.28 bits per heavy atom. The second-order valence-corrected chi connectivity index (χ2v) is 4.52. The van der Waals surface area contributed by atoms with Crippen LogP contribution in [0.15, 0.2) is 41.1 Å². The van der Waals surface area contributed by atoms with Crippen LogP contribution in [0.1, 0.15) is 17.5 Å². The molecule has 1 aromatic carbocycles. The number of aryl methyl sites for hydroxylation is 1. The van der Waals surface area contributed by atoms with E-state index in [0.717, 1.165) is 5.56 Å². The van der Waals surface area contributed by atoms with E-state index in [1.807, 2.05) is 22.9 Å². The molecule has 18 heavy (non-hydrogen) atoms. The van der Waals surface area contributed by atoms with Crippen LogP contribution in [0.3, 0.4) is 0 Å². The van der Waals surface area contributed by atoms with Gasteiger partial charge in [0, 0.05) is 0 Å². The van der Waals surface area contributed by atoms with Crippen molar-refractivity contribution in [3.8, 4) is 11.8 Å². The number of hydrogen-bond donors (Lipinski definition) is 0. The fourth-order valence-corrected chi connectivity index (χ4v) is 2.16. The molecule has 1 aromatic heterocycles. The number of hydrogen-bond acceptors (Lipinski definition) is 4. The molecule has 0 amide bonds. The summed E-state index contributed by atoms with van der Waals surface area (Å²) in [5, 5.41) is 12.7. The molecule has 2 aromatic rings. The van der Waals surface area contributed by atoms with Crippen molar-refractivity contribution in [3.05, 3.63) is 52.2 Å². The Hall–Kier alpha value is -2.12. The predicted molar refractivity (Wildman–Crippen MR) is 69.4 cm³/mol. The van der Waals surface area contributed by atoms with Gasteiger partial charge in [0.2, 0.25) is 0 Å². The highest BCUT2D eigenvalue weighted by molar-refractivity contribution is 7.07. The van der Waals surface area contributed by atoms with Crippen molar-refractivity contribution >= 4 is 17.3 Å². The molecular formula is C14H11NO2S. The topological polar surface area (TPSA) is 50.1 Å². The first-order valence-corrected chi connectivity index (χ1v) is 6.44. The van der Waals surface area contributed by atoms with Gasteiger partial charge in [-0.3, -0.25) is 4.79 Å². The first-order chi connectivity index (χ1) is 8.78. The van der Waals surface area contributed by atoms with E-state index < -0.39 is 0 Å². The van der Waals surface area contributed by atoms with Gasteiger partial charge in [0.15, 0.2) is 0 Å². The molecule has 0 aliphatic rings. The minimum atomic E-state index is -0.258. The summed E-state index contributed by atoms with van der Waals surface area (Å²) in [4.78, 5) is 11.6. The average Bonchev–Trinajstić information content (AvgIpc) is 2.90. The van der Waals surface area contributed by atoms with Crippen LogP contribution in [0.5, 0.6) is 5.75 Å². The molecule has 0 unspecified atom stereocenters. The molecule has 0 saturated carbocycles. The first-order valence-electron chi connectivity index (χ1n) is 5.50. The number of carbonyl (C=O) groups is 1. The maximum atomic E-state index is 11.6. The molecule has 2 rings (SSSR count). The summed E-state index contributed by atoms with van der Waals surface area (Å²) in [6.07, 6.45) is 1.05. The van der Waals surface area contributed by atoms with Crippen LogP contribution in [0.25, 0.3) is 0 Å². The molecule has 3 nitrogen and oxygen atoms in total. The third-order valence-corrected chi connectivity index (χ3v) is 3.15. The lowest BCUT2D eigenvalue weighted by Gasteiger charge is -2.03. The number of carbonyl (C=O) groups excluding carboxylic acids is 1. The van der Waals surface area contributed by atoms with Gasteiger partial charge < -0.3 is 4.74 Å². The molecule has 0 aliphatic heterocycles. The van der Waals surface area contributed by atoms with E-state index in [4.69, 9.17) is 10.00 Å². The molecule has 4 heteroatoms. The van der Waals surface area contributed by atoms with Crippen LogP contribution in [0.4, 0.5) is 0 Å². The monoisotopic (exact) mass is 257 g/mol. The molecule has 0 spiro atoms. The molecule has 0 bridgehead atoms. The zero-order valence-electron chi connectivity index (χ0n) is 9.63. The Bertz CT molecular complexity index is 552. The fourth-order valence-electron chi connectivity index (χ4n) is 1.46. The number of thiophene rings is 1. The van der Waals surface area contributed by atoms with Gasteiger partial charge in [-0.1, -0.05) is 0 Å².